The van der Waals surface area contributed by atoms with Crippen molar-refractivity contribution in [2.45, 2.75) is 32.9 Å². The van der Waals surface area contributed by atoms with Gasteiger partial charge in [-0.05, 0) is 53.9 Å². The number of methoxy groups -OCH3 is 1. The quantitative estimate of drug-likeness (QED) is 0.401. The van der Waals surface area contributed by atoms with E-state index in [0.717, 1.165) is 11.1 Å². The lowest BCUT2D eigenvalue weighted by Crippen LogP contribution is -2.44. The van der Waals surface area contributed by atoms with E-state index in [4.69, 9.17) is 4.74 Å². The van der Waals surface area contributed by atoms with Crippen LogP contribution in [0.1, 0.15) is 31.9 Å². The van der Waals surface area contributed by atoms with Crippen molar-refractivity contribution in [2.24, 2.45) is 4.99 Å². The molecule has 0 aliphatic carbocycles. The molecule has 1 unspecified atom stereocenters. The average molecular weight is 405 g/mol. The second-order valence-corrected chi connectivity index (χ2v) is 7.33. The largest absolute Gasteiger partial charge is 0.495 e. The molecule has 4 N–H and O–H groups in total. The molecule has 2 rings (SSSR count). The van der Waals surface area contributed by atoms with E-state index < -0.39 is 5.60 Å². The number of thiophene rings is 1. The molecule has 28 heavy (non-hydrogen) atoms. The van der Waals surface area contributed by atoms with Crippen LogP contribution in [0.4, 0.5) is 5.69 Å². The van der Waals surface area contributed by atoms with Gasteiger partial charge in [-0.3, -0.25) is 4.79 Å². The molecule has 0 saturated heterocycles. The molecule has 1 aromatic heterocycles. The zero-order chi connectivity index (χ0) is 20.6. The molecule has 0 fully saturated rings. The number of hydrogen-bond donors (Lipinski definition) is 4. The number of guanidine groups is 1. The Morgan fingerprint density at radius 3 is 2.71 bits per heavy atom. The number of aliphatic imine (C=N–C) groups is 1. The lowest BCUT2D eigenvalue weighted by molar-refractivity contribution is -0.114. The zero-order valence-corrected chi connectivity index (χ0v) is 17.5. The molecule has 1 atom stereocenters. The lowest BCUT2D eigenvalue weighted by Gasteiger charge is -2.24. The van der Waals surface area contributed by atoms with Crippen molar-refractivity contribution in [1.82, 2.24) is 10.6 Å². The van der Waals surface area contributed by atoms with Crippen LogP contribution in [0.5, 0.6) is 5.75 Å². The molecule has 7 nitrogen and oxygen atoms in total. The minimum Gasteiger partial charge on any atom is -0.495 e. The molecule has 0 aliphatic rings. The maximum absolute atomic E-state index is 11.4. The van der Waals surface area contributed by atoms with Crippen LogP contribution < -0.4 is 20.7 Å². The molecule has 0 spiro atoms. The molecule has 0 saturated carbocycles. The van der Waals surface area contributed by atoms with Crippen molar-refractivity contribution >= 4 is 28.9 Å². The van der Waals surface area contributed by atoms with E-state index >= 15 is 0 Å². The highest BCUT2D eigenvalue weighted by atomic mass is 32.1. The number of nitrogens with zero attached hydrogens (tertiary/aromatic N) is 1. The molecule has 0 bridgehead atoms. The van der Waals surface area contributed by atoms with Crippen LogP contribution >= 0.6 is 11.3 Å². The Kier molecular flexibility index (Phi) is 7.83. The normalized spacial score (nSPS) is 13.5. The molecule has 1 aromatic carbocycles. The van der Waals surface area contributed by atoms with Gasteiger partial charge in [-0.1, -0.05) is 6.07 Å². The van der Waals surface area contributed by atoms with Gasteiger partial charge in [-0.25, -0.2) is 4.99 Å². The Balaban J connectivity index is 2.08. The number of carbonyl (C=O) groups is 1. The van der Waals surface area contributed by atoms with Crippen molar-refractivity contribution in [3.63, 3.8) is 0 Å². The third-order valence-corrected chi connectivity index (χ3v) is 4.76. The molecule has 1 heterocycles. The number of hydrogen-bond acceptors (Lipinski definition) is 5. The van der Waals surface area contributed by atoms with Crippen LogP contribution in [-0.2, 0) is 16.9 Å². The highest BCUT2D eigenvalue weighted by molar-refractivity contribution is 7.08. The standard InChI is InChI=1S/C20H28N4O3S/c1-5-21-19(23-13-20(3,26)16-8-9-28-12-16)22-11-15-6-7-18(27-4)17(10-15)24-14(2)25/h6-10,12,26H,5,11,13H2,1-4H3,(H,24,25)(H2,21,22,23). The molecule has 1 amide bonds. The predicted octanol–water partition coefficient (Wildman–Crippen LogP) is 2.68. The molecule has 0 radical (unpaired) electrons. The van der Waals surface area contributed by atoms with Gasteiger partial charge in [0.2, 0.25) is 5.91 Å². The van der Waals surface area contributed by atoms with E-state index in [9.17, 15) is 9.90 Å². The first-order valence-electron chi connectivity index (χ1n) is 9.07. The Hall–Kier alpha value is -2.58. The van der Waals surface area contributed by atoms with E-state index in [1.807, 2.05) is 35.9 Å². The van der Waals surface area contributed by atoms with Crippen molar-refractivity contribution in [1.29, 1.82) is 0 Å². The number of ether oxygens (including phenoxy) is 1. The van der Waals surface area contributed by atoms with Crippen LogP contribution in [0.25, 0.3) is 0 Å². The second kappa shape index (κ2) is 10.1. The average Bonchev–Trinajstić information content (AvgIpc) is 3.19. The van der Waals surface area contributed by atoms with Crippen LogP contribution in [-0.4, -0.2) is 37.2 Å². The second-order valence-electron chi connectivity index (χ2n) is 6.55. The fraction of sp³-hybridized carbons (Fsp3) is 0.400. The third kappa shape index (κ3) is 6.24. The lowest BCUT2D eigenvalue weighted by atomic mass is 9.99. The molecule has 0 aliphatic heterocycles. The van der Waals surface area contributed by atoms with Gasteiger partial charge in [0.25, 0.3) is 0 Å². The smallest absolute Gasteiger partial charge is 0.221 e. The highest BCUT2D eigenvalue weighted by Crippen LogP contribution is 2.26. The highest BCUT2D eigenvalue weighted by Gasteiger charge is 2.23. The van der Waals surface area contributed by atoms with E-state index in [-0.39, 0.29) is 5.91 Å². The van der Waals surface area contributed by atoms with Gasteiger partial charge in [0.1, 0.15) is 11.4 Å². The van der Waals surface area contributed by atoms with Crippen LogP contribution in [0.3, 0.4) is 0 Å². The van der Waals surface area contributed by atoms with Gasteiger partial charge >= 0.3 is 0 Å². The maximum Gasteiger partial charge on any atom is 0.221 e. The number of aliphatic hydroxyl groups is 1. The summed E-state index contributed by atoms with van der Waals surface area (Å²) in [6.45, 7) is 6.65. The van der Waals surface area contributed by atoms with Gasteiger partial charge in [-0.15, -0.1) is 0 Å². The number of anilines is 1. The van der Waals surface area contributed by atoms with Crippen LogP contribution in [0, 0.1) is 0 Å². The van der Waals surface area contributed by atoms with Crippen molar-refractivity contribution < 1.29 is 14.6 Å². The summed E-state index contributed by atoms with van der Waals surface area (Å²) in [5.74, 6) is 1.04. The first-order chi connectivity index (χ1) is 13.4. The first kappa shape index (κ1) is 21.7. The Bertz CT molecular complexity index is 804. The summed E-state index contributed by atoms with van der Waals surface area (Å²) in [7, 11) is 1.56. The van der Waals surface area contributed by atoms with Crippen molar-refractivity contribution in [3.8, 4) is 5.75 Å². The number of nitrogens with one attached hydrogen (secondary N) is 3. The van der Waals surface area contributed by atoms with Gasteiger partial charge in [0, 0.05) is 13.5 Å². The summed E-state index contributed by atoms with van der Waals surface area (Å²) in [6, 6.07) is 7.46. The molecular weight excluding hydrogens is 376 g/mol. The number of benzene rings is 1. The van der Waals surface area contributed by atoms with Crippen LogP contribution in [0.15, 0.2) is 40.0 Å². The van der Waals surface area contributed by atoms with Gasteiger partial charge in [0.15, 0.2) is 5.96 Å². The molecule has 152 valence electrons. The van der Waals surface area contributed by atoms with Crippen LogP contribution in [0.2, 0.25) is 0 Å². The first-order valence-corrected chi connectivity index (χ1v) is 10.0. The Morgan fingerprint density at radius 1 is 1.32 bits per heavy atom. The zero-order valence-electron chi connectivity index (χ0n) is 16.7. The monoisotopic (exact) mass is 404 g/mol. The number of amides is 1. The molecular formula is C20H28N4O3S. The summed E-state index contributed by atoms with van der Waals surface area (Å²) in [6.07, 6.45) is 0. The fourth-order valence-corrected chi connectivity index (χ4v) is 3.36. The SMILES string of the molecule is CCNC(=NCc1ccc(OC)c(NC(C)=O)c1)NCC(C)(O)c1ccsc1. The maximum atomic E-state index is 11.4. The van der Waals surface area contributed by atoms with E-state index in [1.165, 1.54) is 6.92 Å². The summed E-state index contributed by atoms with van der Waals surface area (Å²) in [4.78, 5) is 16.0. The third-order valence-electron chi connectivity index (χ3n) is 4.08. The van der Waals surface area contributed by atoms with Crippen molar-refractivity contribution in [3.05, 3.63) is 46.2 Å². The molecule has 2 aromatic rings. The predicted molar refractivity (Wildman–Crippen MR) is 114 cm³/mol. The van der Waals surface area contributed by atoms with Gasteiger partial charge < -0.3 is 25.8 Å². The summed E-state index contributed by atoms with van der Waals surface area (Å²) in [5.41, 5.74) is 1.41. The number of rotatable bonds is 8. The van der Waals surface area contributed by atoms with Crippen molar-refractivity contribution in [2.75, 3.05) is 25.5 Å². The summed E-state index contributed by atoms with van der Waals surface area (Å²) < 4.78 is 5.27. The minimum atomic E-state index is -0.991. The fourth-order valence-electron chi connectivity index (χ4n) is 2.58. The minimum absolute atomic E-state index is 0.162. The topological polar surface area (TPSA) is 95.0 Å². The Morgan fingerprint density at radius 2 is 2.11 bits per heavy atom. The van der Waals surface area contributed by atoms with E-state index in [2.05, 4.69) is 20.9 Å². The summed E-state index contributed by atoms with van der Waals surface area (Å²) >= 11 is 1.55. The molecule has 8 heteroatoms. The van der Waals surface area contributed by atoms with Gasteiger partial charge in [-0.2, -0.15) is 11.3 Å². The number of carbonyl (C=O) groups excluding carboxylic acids is 1. The Labute approximate surface area is 169 Å². The van der Waals surface area contributed by atoms with E-state index in [0.29, 0.717) is 37.0 Å². The van der Waals surface area contributed by atoms with Gasteiger partial charge in [0.05, 0.1) is 25.9 Å². The van der Waals surface area contributed by atoms with E-state index in [1.54, 1.807) is 31.4 Å². The summed E-state index contributed by atoms with van der Waals surface area (Å²) in [5, 5.41) is 23.7.